The molecule has 1 N–H and O–H groups in total. The first-order valence-electron chi connectivity index (χ1n) is 5.21. The summed E-state index contributed by atoms with van der Waals surface area (Å²) in [5, 5.41) is 3.53. The highest BCUT2D eigenvalue weighted by molar-refractivity contribution is 4.95. The van der Waals surface area contributed by atoms with Crippen molar-refractivity contribution in [2.24, 2.45) is 7.05 Å². The molecule has 2 rings (SSSR count). The van der Waals surface area contributed by atoms with Gasteiger partial charge in [0.25, 0.3) is 0 Å². The highest BCUT2D eigenvalue weighted by Gasteiger charge is 2.09. The summed E-state index contributed by atoms with van der Waals surface area (Å²) in [7, 11) is 2.03. The van der Waals surface area contributed by atoms with Gasteiger partial charge in [0, 0.05) is 25.5 Å². The lowest BCUT2D eigenvalue weighted by Gasteiger charge is -2.19. The molecule has 1 aliphatic rings. The van der Waals surface area contributed by atoms with Crippen molar-refractivity contribution >= 4 is 0 Å². The Kier molecular flexibility index (Phi) is 2.99. The SMILES string of the molecule is Cn1ccnc1CNC1CC=CCC1. The zero-order valence-corrected chi connectivity index (χ0v) is 8.61. The average molecular weight is 191 g/mol. The molecule has 1 aliphatic carbocycles. The van der Waals surface area contributed by atoms with Crippen molar-refractivity contribution in [2.75, 3.05) is 0 Å². The van der Waals surface area contributed by atoms with Crippen LogP contribution in [0.5, 0.6) is 0 Å². The zero-order chi connectivity index (χ0) is 9.80. The molecule has 0 spiro atoms. The Balaban J connectivity index is 1.82. The van der Waals surface area contributed by atoms with Crippen LogP contribution in [0.1, 0.15) is 25.1 Å². The molecule has 14 heavy (non-hydrogen) atoms. The molecule has 3 nitrogen and oxygen atoms in total. The summed E-state index contributed by atoms with van der Waals surface area (Å²) in [4.78, 5) is 4.28. The van der Waals surface area contributed by atoms with Crippen LogP contribution in [-0.4, -0.2) is 15.6 Å². The van der Waals surface area contributed by atoms with Crippen molar-refractivity contribution in [3.63, 3.8) is 0 Å². The number of hydrogen-bond donors (Lipinski definition) is 1. The largest absolute Gasteiger partial charge is 0.337 e. The van der Waals surface area contributed by atoms with Gasteiger partial charge in [0.2, 0.25) is 0 Å². The maximum Gasteiger partial charge on any atom is 0.122 e. The fraction of sp³-hybridized carbons (Fsp3) is 0.545. The molecule has 0 aliphatic heterocycles. The molecule has 0 aromatic carbocycles. The molecule has 0 saturated carbocycles. The van der Waals surface area contributed by atoms with E-state index >= 15 is 0 Å². The van der Waals surface area contributed by atoms with E-state index < -0.39 is 0 Å². The topological polar surface area (TPSA) is 29.9 Å². The van der Waals surface area contributed by atoms with Crippen LogP contribution in [0.2, 0.25) is 0 Å². The first-order valence-corrected chi connectivity index (χ1v) is 5.21. The number of aryl methyl sites for hydroxylation is 1. The summed E-state index contributed by atoms with van der Waals surface area (Å²) < 4.78 is 2.06. The molecule has 1 unspecified atom stereocenters. The monoisotopic (exact) mass is 191 g/mol. The standard InChI is InChI=1S/C11H17N3/c1-14-8-7-12-11(14)9-13-10-5-3-2-4-6-10/h2-3,7-8,10,13H,4-6,9H2,1H3. The maximum absolute atomic E-state index is 4.28. The van der Waals surface area contributed by atoms with Crippen LogP contribution in [0.25, 0.3) is 0 Å². The molecule has 1 atom stereocenters. The Labute approximate surface area is 84.8 Å². The van der Waals surface area contributed by atoms with Gasteiger partial charge in [0.15, 0.2) is 0 Å². The van der Waals surface area contributed by atoms with Crippen LogP contribution in [0.4, 0.5) is 0 Å². The predicted octanol–water partition coefficient (Wildman–Crippen LogP) is 1.62. The molecule has 3 heteroatoms. The quantitative estimate of drug-likeness (QED) is 0.736. The van der Waals surface area contributed by atoms with E-state index in [9.17, 15) is 0 Å². The van der Waals surface area contributed by atoms with Gasteiger partial charge in [-0.15, -0.1) is 0 Å². The molecule has 0 fully saturated rings. The number of nitrogens with zero attached hydrogens (tertiary/aromatic N) is 2. The molecular formula is C11H17N3. The van der Waals surface area contributed by atoms with Crippen LogP contribution < -0.4 is 5.32 Å². The summed E-state index contributed by atoms with van der Waals surface area (Å²) >= 11 is 0. The Bertz CT molecular complexity index is 314. The Morgan fingerprint density at radius 1 is 1.57 bits per heavy atom. The minimum absolute atomic E-state index is 0.636. The zero-order valence-electron chi connectivity index (χ0n) is 8.61. The van der Waals surface area contributed by atoms with Crippen LogP contribution in [0.15, 0.2) is 24.5 Å². The van der Waals surface area contributed by atoms with E-state index in [4.69, 9.17) is 0 Å². The van der Waals surface area contributed by atoms with E-state index in [1.54, 1.807) is 0 Å². The molecule has 0 saturated heterocycles. The number of imidazole rings is 1. The van der Waals surface area contributed by atoms with Crippen LogP contribution in [0.3, 0.4) is 0 Å². The predicted molar refractivity (Wildman–Crippen MR) is 56.8 cm³/mol. The highest BCUT2D eigenvalue weighted by Crippen LogP contribution is 2.10. The molecule has 0 amide bonds. The van der Waals surface area contributed by atoms with E-state index in [1.165, 1.54) is 12.8 Å². The summed E-state index contributed by atoms with van der Waals surface area (Å²) in [5.74, 6) is 1.11. The molecule has 1 aromatic heterocycles. The second-order valence-electron chi connectivity index (χ2n) is 3.82. The number of allylic oxidation sites excluding steroid dienone is 1. The van der Waals surface area contributed by atoms with Gasteiger partial charge >= 0.3 is 0 Å². The van der Waals surface area contributed by atoms with E-state index in [2.05, 4.69) is 27.0 Å². The van der Waals surface area contributed by atoms with Gasteiger partial charge in [-0.25, -0.2) is 4.98 Å². The minimum atomic E-state index is 0.636. The van der Waals surface area contributed by atoms with Crippen molar-refractivity contribution in [1.82, 2.24) is 14.9 Å². The third-order valence-corrected chi connectivity index (χ3v) is 2.74. The van der Waals surface area contributed by atoms with E-state index in [0.717, 1.165) is 18.8 Å². The molecular weight excluding hydrogens is 174 g/mol. The van der Waals surface area contributed by atoms with Crippen molar-refractivity contribution in [3.8, 4) is 0 Å². The summed E-state index contributed by atoms with van der Waals surface area (Å²) in [5.41, 5.74) is 0. The molecule has 1 aromatic rings. The van der Waals surface area contributed by atoms with Crippen LogP contribution >= 0.6 is 0 Å². The van der Waals surface area contributed by atoms with Crippen molar-refractivity contribution in [2.45, 2.75) is 31.8 Å². The first-order chi connectivity index (χ1) is 6.86. The van der Waals surface area contributed by atoms with E-state index in [0.29, 0.717) is 6.04 Å². The normalized spacial score (nSPS) is 21.4. The second kappa shape index (κ2) is 4.42. The first kappa shape index (κ1) is 9.46. The number of rotatable bonds is 3. The lowest BCUT2D eigenvalue weighted by molar-refractivity contribution is 0.463. The Hall–Kier alpha value is -1.09. The number of hydrogen-bond acceptors (Lipinski definition) is 2. The third-order valence-electron chi connectivity index (χ3n) is 2.74. The molecule has 76 valence electrons. The lowest BCUT2D eigenvalue weighted by Crippen LogP contribution is -2.30. The fourth-order valence-electron chi connectivity index (χ4n) is 1.78. The number of nitrogens with one attached hydrogen (secondary N) is 1. The minimum Gasteiger partial charge on any atom is -0.337 e. The smallest absolute Gasteiger partial charge is 0.122 e. The molecule has 1 heterocycles. The maximum atomic E-state index is 4.28. The van der Waals surface area contributed by atoms with Gasteiger partial charge < -0.3 is 9.88 Å². The third kappa shape index (κ3) is 2.23. The van der Waals surface area contributed by atoms with Crippen LogP contribution in [0, 0.1) is 0 Å². The fourth-order valence-corrected chi connectivity index (χ4v) is 1.78. The van der Waals surface area contributed by atoms with Crippen molar-refractivity contribution in [3.05, 3.63) is 30.4 Å². The van der Waals surface area contributed by atoms with E-state index in [-0.39, 0.29) is 0 Å². The van der Waals surface area contributed by atoms with Gasteiger partial charge in [0.1, 0.15) is 5.82 Å². The summed E-state index contributed by atoms with van der Waals surface area (Å²) in [6.07, 6.45) is 12.0. The van der Waals surface area contributed by atoms with Gasteiger partial charge in [-0.1, -0.05) is 12.2 Å². The average Bonchev–Trinajstić information content (AvgIpc) is 2.63. The second-order valence-corrected chi connectivity index (χ2v) is 3.82. The van der Waals surface area contributed by atoms with Crippen LogP contribution in [-0.2, 0) is 13.6 Å². The molecule has 0 radical (unpaired) electrons. The Morgan fingerprint density at radius 3 is 3.14 bits per heavy atom. The van der Waals surface area contributed by atoms with Gasteiger partial charge in [-0.2, -0.15) is 0 Å². The highest BCUT2D eigenvalue weighted by atomic mass is 15.1. The van der Waals surface area contributed by atoms with Gasteiger partial charge in [-0.05, 0) is 19.3 Å². The van der Waals surface area contributed by atoms with Gasteiger partial charge in [0.05, 0.1) is 6.54 Å². The van der Waals surface area contributed by atoms with Crippen molar-refractivity contribution in [1.29, 1.82) is 0 Å². The number of aromatic nitrogens is 2. The van der Waals surface area contributed by atoms with E-state index in [1.807, 2.05) is 19.4 Å². The van der Waals surface area contributed by atoms with Gasteiger partial charge in [-0.3, -0.25) is 0 Å². The van der Waals surface area contributed by atoms with Crippen molar-refractivity contribution < 1.29 is 0 Å². The summed E-state index contributed by atoms with van der Waals surface area (Å²) in [6, 6.07) is 0.636. The molecule has 0 bridgehead atoms. The Morgan fingerprint density at radius 2 is 2.50 bits per heavy atom. The summed E-state index contributed by atoms with van der Waals surface area (Å²) in [6.45, 7) is 0.877. The lowest BCUT2D eigenvalue weighted by atomic mass is 10.0.